The number of fused-ring (bicyclic) bond motifs is 1. The lowest BCUT2D eigenvalue weighted by Gasteiger charge is -2.23. The van der Waals surface area contributed by atoms with Gasteiger partial charge in [-0.05, 0) is 66.6 Å². The Morgan fingerprint density at radius 1 is 0.970 bits per heavy atom. The minimum absolute atomic E-state index is 0.0138. The zero-order chi connectivity index (χ0) is 23.3. The Hall–Kier alpha value is -3.19. The standard InChI is InChI=1S/C25H16Cl2N2O3S/c1-13-2-11-18-19(12-13)33-25(28-18)29-21(14-3-7-16(26)8-4-14)20(23(31)24(29)32)22(30)15-5-9-17(27)10-6-15/h2-12,21,30H,1H3/b22-20+. The average Bonchev–Trinajstić information content (AvgIpc) is 3.32. The number of thiazole rings is 1. The summed E-state index contributed by atoms with van der Waals surface area (Å²) in [7, 11) is 0. The number of nitrogens with zero attached hydrogens (tertiary/aromatic N) is 2. The summed E-state index contributed by atoms with van der Waals surface area (Å²) in [4.78, 5) is 32.4. The molecule has 2 heterocycles. The minimum Gasteiger partial charge on any atom is -0.507 e. The molecule has 1 fully saturated rings. The van der Waals surface area contributed by atoms with Crippen molar-refractivity contribution in [2.45, 2.75) is 13.0 Å². The van der Waals surface area contributed by atoms with Crippen LogP contribution in [0.3, 0.4) is 0 Å². The molecule has 1 atom stereocenters. The zero-order valence-electron chi connectivity index (χ0n) is 17.3. The Morgan fingerprint density at radius 2 is 1.61 bits per heavy atom. The summed E-state index contributed by atoms with van der Waals surface area (Å²) in [5.41, 5.74) is 2.80. The normalized spacial score (nSPS) is 17.8. The van der Waals surface area contributed by atoms with Crippen molar-refractivity contribution in [1.82, 2.24) is 4.98 Å². The first kappa shape index (κ1) is 21.6. The third kappa shape index (κ3) is 3.80. The molecule has 5 nitrogen and oxygen atoms in total. The third-order valence-electron chi connectivity index (χ3n) is 5.49. The molecule has 0 spiro atoms. The number of aromatic nitrogens is 1. The minimum atomic E-state index is -0.861. The molecule has 1 aliphatic rings. The predicted molar refractivity (Wildman–Crippen MR) is 132 cm³/mol. The van der Waals surface area contributed by atoms with Crippen LogP contribution in [0, 0.1) is 6.92 Å². The molecule has 0 radical (unpaired) electrons. The molecule has 5 rings (SSSR count). The van der Waals surface area contributed by atoms with Crippen molar-refractivity contribution in [3.05, 3.63) is 99.0 Å². The summed E-state index contributed by atoms with van der Waals surface area (Å²) in [6.45, 7) is 1.98. The fraction of sp³-hybridized carbons (Fsp3) is 0.0800. The van der Waals surface area contributed by atoms with Crippen molar-refractivity contribution < 1.29 is 14.7 Å². The van der Waals surface area contributed by atoms with Gasteiger partial charge in [0.1, 0.15) is 5.76 Å². The summed E-state index contributed by atoms with van der Waals surface area (Å²) in [5, 5.41) is 12.5. The SMILES string of the molecule is Cc1ccc2nc(N3C(=O)C(=O)/C(=C(/O)c4ccc(Cl)cc4)C3c3ccc(Cl)cc3)sc2c1. The molecule has 0 saturated carbocycles. The van der Waals surface area contributed by atoms with E-state index in [1.807, 2.05) is 25.1 Å². The molecule has 1 N–H and O–H groups in total. The molecule has 164 valence electrons. The zero-order valence-corrected chi connectivity index (χ0v) is 19.6. The summed E-state index contributed by atoms with van der Waals surface area (Å²) >= 11 is 13.4. The number of aryl methyl sites for hydroxylation is 1. The van der Waals surface area contributed by atoms with Crippen LogP contribution in [-0.4, -0.2) is 21.8 Å². The quantitative estimate of drug-likeness (QED) is 0.199. The van der Waals surface area contributed by atoms with Crippen LogP contribution in [-0.2, 0) is 9.59 Å². The highest BCUT2D eigenvalue weighted by molar-refractivity contribution is 7.22. The molecular weight excluding hydrogens is 479 g/mol. The van der Waals surface area contributed by atoms with Crippen LogP contribution in [0.25, 0.3) is 16.0 Å². The molecule has 1 unspecified atom stereocenters. The first-order valence-electron chi connectivity index (χ1n) is 10.0. The Kier molecular flexibility index (Phi) is 5.44. The summed E-state index contributed by atoms with van der Waals surface area (Å²) in [6.07, 6.45) is 0. The highest BCUT2D eigenvalue weighted by atomic mass is 35.5. The summed E-state index contributed by atoms with van der Waals surface area (Å²) < 4.78 is 0.902. The lowest BCUT2D eigenvalue weighted by atomic mass is 9.95. The molecule has 4 aromatic rings. The number of aliphatic hydroxyl groups excluding tert-OH is 1. The third-order valence-corrected chi connectivity index (χ3v) is 7.01. The van der Waals surface area contributed by atoms with Gasteiger partial charge in [0.25, 0.3) is 5.78 Å². The number of aliphatic hydroxyl groups is 1. The van der Waals surface area contributed by atoms with Crippen LogP contribution in [0.15, 0.2) is 72.3 Å². The van der Waals surface area contributed by atoms with Crippen molar-refractivity contribution in [2.75, 3.05) is 4.90 Å². The fourth-order valence-corrected chi connectivity index (χ4v) is 5.22. The van der Waals surface area contributed by atoms with Crippen LogP contribution in [0.4, 0.5) is 5.13 Å². The number of ketones is 1. The van der Waals surface area contributed by atoms with E-state index in [0.29, 0.717) is 26.3 Å². The van der Waals surface area contributed by atoms with Crippen LogP contribution >= 0.6 is 34.5 Å². The van der Waals surface area contributed by atoms with E-state index in [9.17, 15) is 14.7 Å². The number of anilines is 1. The number of hydrogen-bond acceptors (Lipinski definition) is 5. The van der Waals surface area contributed by atoms with Crippen molar-refractivity contribution in [3.8, 4) is 0 Å². The van der Waals surface area contributed by atoms with Crippen LogP contribution in [0.1, 0.15) is 22.7 Å². The second kappa shape index (κ2) is 8.30. The Labute approximate surface area is 203 Å². The van der Waals surface area contributed by atoms with E-state index in [1.165, 1.54) is 16.2 Å². The highest BCUT2D eigenvalue weighted by Crippen LogP contribution is 2.44. The number of carbonyl (C=O) groups excluding carboxylic acids is 2. The van der Waals surface area contributed by atoms with Gasteiger partial charge in [-0.3, -0.25) is 14.5 Å². The molecule has 1 aromatic heterocycles. The van der Waals surface area contributed by atoms with Crippen LogP contribution in [0.2, 0.25) is 10.0 Å². The van der Waals surface area contributed by atoms with Gasteiger partial charge in [0.05, 0.1) is 21.8 Å². The molecule has 1 amide bonds. The first-order valence-corrected chi connectivity index (χ1v) is 11.6. The van der Waals surface area contributed by atoms with Gasteiger partial charge in [0.15, 0.2) is 5.13 Å². The van der Waals surface area contributed by atoms with Gasteiger partial charge in [0, 0.05) is 15.6 Å². The predicted octanol–water partition coefficient (Wildman–Crippen LogP) is 6.54. The maximum Gasteiger partial charge on any atom is 0.301 e. The van der Waals surface area contributed by atoms with Gasteiger partial charge < -0.3 is 5.11 Å². The van der Waals surface area contributed by atoms with Crippen molar-refractivity contribution in [1.29, 1.82) is 0 Å². The summed E-state index contributed by atoms with van der Waals surface area (Å²) in [6, 6.07) is 18.2. The Bertz CT molecular complexity index is 1440. The first-order chi connectivity index (χ1) is 15.8. The Balaban J connectivity index is 1.73. The molecule has 0 aliphatic carbocycles. The second-order valence-corrected chi connectivity index (χ2v) is 9.58. The van der Waals surface area contributed by atoms with Gasteiger partial charge in [-0.15, -0.1) is 0 Å². The number of rotatable bonds is 3. The lowest BCUT2D eigenvalue weighted by Crippen LogP contribution is -2.29. The fourth-order valence-electron chi connectivity index (χ4n) is 3.88. The van der Waals surface area contributed by atoms with E-state index in [2.05, 4.69) is 4.98 Å². The van der Waals surface area contributed by atoms with Crippen LogP contribution < -0.4 is 4.90 Å². The molecule has 0 bridgehead atoms. The number of halogens is 2. The van der Waals surface area contributed by atoms with Gasteiger partial charge in [-0.1, -0.05) is 52.7 Å². The molecular formula is C25H16Cl2N2O3S. The van der Waals surface area contributed by atoms with E-state index >= 15 is 0 Å². The molecule has 33 heavy (non-hydrogen) atoms. The topological polar surface area (TPSA) is 70.5 Å². The maximum atomic E-state index is 13.3. The van der Waals surface area contributed by atoms with Crippen LogP contribution in [0.5, 0.6) is 0 Å². The van der Waals surface area contributed by atoms with Crippen molar-refractivity contribution in [3.63, 3.8) is 0 Å². The monoisotopic (exact) mass is 494 g/mol. The van der Waals surface area contributed by atoms with E-state index in [0.717, 1.165) is 15.8 Å². The smallest absolute Gasteiger partial charge is 0.301 e. The molecule has 1 aliphatic heterocycles. The Morgan fingerprint density at radius 3 is 2.27 bits per heavy atom. The van der Waals surface area contributed by atoms with Gasteiger partial charge in [-0.25, -0.2) is 4.98 Å². The van der Waals surface area contributed by atoms with E-state index in [-0.39, 0.29) is 11.3 Å². The summed E-state index contributed by atoms with van der Waals surface area (Å²) in [5.74, 6) is -1.80. The lowest BCUT2D eigenvalue weighted by molar-refractivity contribution is -0.132. The van der Waals surface area contributed by atoms with Gasteiger partial charge in [-0.2, -0.15) is 0 Å². The number of benzene rings is 3. The molecule has 8 heteroatoms. The van der Waals surface area contributed by atoms with Gasteiger partial charge in [0.2, 0.25) is 0 Å². The largest absolute Gasteiger partial charge is 0.507 e. The average molecular weight is 495 g/mol. The number of hydrogen-bond donors (Lipinski definition) is 1. The maximum absolute atomic E-state index is 13.3. The van der Waals surface area contributed by atoms with Crippen molar-refractivity contribution in [2.24, 2.45) is 0 Å². The number of carbonyl (C=O) groups is 2. The molecule has 1 saturated heterocycles. The van der Waals surface area contributed by atoms with E-state index in [1.54, 1.807) is 48.5 Å². The second-order valence-electron chi connectivity index (χ2n) is 7.70. The molecule has 3 aromatic carbocycles. The van der Waals surface area contributed by atoms with E-state index in [4.69, 9.17) is 23.2 Å². The van der Waals surface area contributed by atoms with E-state index < -0.39 is 17.7 Å². The number of Topliss-reactive ketones (excluding diaryl/α,β-unsaturated/α-hetero) is 1. The highest BCUT2D eigenvalue weighted by Gasteiger charge is 2.48. The van der Waals surface area contributed by atoms with Crippen molar-refractivity contribution >= 4 is 67.3 Å². The van der Waals surface area contributed by atoms with Gasteiger partial charge >= 0.3 is 5.91 Å². The number of amides is 1.